The minimum Gasteiger partial charge on any atom is -0.462 e. The van der Waals surface area contributed by atoms with Crippen molar-refractivity contribution in [1.29, 1.82) is 0 Å². The summed E-state index contributed by atoms with van der Waals surface area (Å²) in [6.45, 7) is 7.71. The summed E-state index contributed by atoms with van der Waals surface area (Å²) in [7, 11) is 0. The van der Waals surface area contributed by atoms with Gasteiger partial charge in [0.15, 0.2) is 6.10 Å². The second kappa shape index (κ2) is 54.9. The summed E-state index contributed by atoms with van der Waals surface area (Å²) in [5, 5.41) is 0. The lowest BCUT2D eigenvalue weighted by atomic mass is 10.0. The molecule has 5 nitrogen and oxygen atoms in total. The molecule has 0 heterocycles. The number of carbonyl (C=O) groups excluding carboxylic acids is 2. The lowest BCUT2D eigenvalue weighted by Crippen LogP contribution is -2.30. The summed E-state index contributed by atoms with van der Waals surface area (Å²) in [5.74, 6) is -0.406. The molecule has 0 aromatic rings. The van der Waals surface area contributed by atoms with Gasteiger partial charge in [-0.15, -0.1) is 0 Å². The van der Waals surface area contributed by atoms with E-state index in [-0.39, 0.29) is 25.2 Å². The fraction of sp³-hybridized carbons (Fsp3) is 0.797. The molecule has 0 spiro atoms. The number of hydrogen-bond donors (Lipinski definition) is 0. The van der Waals surface area contributed by atoms with E-state index in [1.165, 1.54) is 161 Å². The first-order valence-corrected chi connectivity index (χ1v) is 27.8. The number of rotatable bonds is 51. The van der Waals surface area contributed by atoms with E-state index in [0.717, 1.165) is 83.5 Å². The largest absolute Gasteiger partial charge is 0.462 e. The quantitative estimate of drug-likeness (QED) is 0.0346. The Morgan fingerprint density at radius 3 is 1.16 bits per heavy atom. The molecule has 0 aliphatic heterocycles. The van der Waals surface area contributed by atoms with Crippen LogP contribution in [0.15, 0.2) is 60.8 Å². The monoisotopic (exact) mass is 895 g/mol. The Balaban J connectivity index is 4.28. The van der Waals surface area contributed by atoms with Gasteiger partial charge in [0.2, 0.25) is 0 Å². The van der Waals surface area contributed by atoms with Gasteiger partial charge in [0, 0.05) is 19.4 Å². The minimum absolute atomic E-state index is 0.0787. The maximum atomic E-state index is 12.8. The predicted molar refractivity (Wildman–Crippen MR) is 279 cm³/mol. The second-order valence-corrected chi connectivity index (χ2v) is 18.5. The molecule has 1 atom stereocenters. The molecule has 0 aromatic heterocycles. The van der Waals surface area contributed by atoms with E-state index in [0.29, 0.717) is 19.4 Å². The van der Waals surface area contributed by atoms with Crippen molar-refractivity contribution in [3.05, 3.63) is 60.8 Å². The first-order chi connectivity index (χ1) is 31.6. The highest BCUT2D eigenvalue weighted by atomic mass is 16.6. The maximum absolute atomic E-state index is 12.8. The molecule has 0 amide bonds. The summed E-state index contributed by atoms with van der Waals surface area (Å²) < 4.78 is 17.5. The van der Waals surface area contributed by atoms with E-state index in [4.69, 9.17) is 14.2 Å². The second-order valence-electron chi connectivity index (χ2n) is 18.5. The third-order valence-electron chi connectivity index (χ3n) is 12.0. The van der Waals surface area contributed by atoms with Crippen molar-refractivity contribution in [1.82, 2.24) is 0 Å². The lowest BCUT2D eigenvalue weighted by Gasteiger charge is -2.18. The van der Waals surface area contributed by atoms with Crippen LogP contribution in [0.25, 0.3) is 0 Å². The van der Waals surface area contributed by atoms with Crippen molar-refractivity contribution >= 4 is 11.9 Å². The fourth-order valence-electron chi connectivity index (χ4n) is 7.91. The van der Waals surface area contributed by atoms with Crippen LogP contribution in [0, 0.1) is 0 Å². The summed E-state index contributed by atoms with van der Waals surface area (Å²) in [6, 6.07) is 0. The van der Waals surface area contributed by atoms with Crippen LogP contribution in [-0.4, -0.2) is 37.9 Å². The Morgan fingerprint density at radius 2 is 0.703 bits per heavy atom. The molecule has 1 unspecified atom stereocenters. The van der Waals surface area contributed by atoms with Crippen molar-refractivity contribution < 1.29 is 23.8 Å². The van der Waals surface area contributed by atoms with Crippen LogP contribution in [-0.2, 0) is 23.8 Å². The Bertz CT molecular complexity index is 1100. The van der Waals surface area contributed by atoms with Crippen molar-refractivity contribution in [2.45, 2.75) is 284 Å². The molecule has 372 valence electrons. The fourth-order valence-corrected chi connectivity index (χ4v) is 7.91. The van der Waals surface area contributed by atoms with Gasteiger partial charge < -0.3 is 14.2 Å². The Morgan fingerprint density at radius 1 is 0.359 bits per heavy atom. The number of esters is 2. The van der Waals surface area contributed by atoms with Gasteiger partial charge in [-0.25, -0.2) is 0 Å². The topological polar surface area (TPSA) is 61.8 Å². The molecule has 64 heavy (non-hydrogen) atoms. The molecular formula is C59H106O5. The van der Waals surface area contributed by atoms with E-state index in [1.54, 1.807) is 0 Å². The molecule has 5 heteroatoms. The highest BCUT2D eigenvalue weighted by Crippen LogP contribution is 2.15. The standard InChI is InChI=1S/C59H106O5/c1-4-7-10-13-16-19-22-25-28-30-32-34-37-40-43-46-49-52-58(60)63-56-57(55-62-54-51-48-45-42-39-36-27-24-21-18-15-12-9-6-3)64-59(61)53-50-47-44-41-38-35-33-31-29-26-23-20-17-14-11-8-5-2/h7,10,16-17,19-20,25-26,28-29,57H,4-6,8-9,11-15,18,21-24,27,30-56H2,1-3H3/b10-7-,19-16-,20-17-,28-25-,29-26-. The summed E-state index contributed by atoms with van der Waals surface area (Å²) in [6.07, 6.45) is 69.4. The number of ether oxygens (including phenoxy) is 3. The number of hydrogen-bond acceptors (Lipinski definition) is 5. The molecule has 0 N–H and O–H groups in total. The van der Waals surface area contributed by atoms with Gasteiger partial charge in [-0.3, -0.25) is 9.59 Å². The third kappa shape index (κ3) is 52.2. The van der Waals surface area contributed by atoms with Crippen molar-refractivity contribution in [3.63, 3.8) is 0 Å². The molecular weight excluding hydrogens is 789 g/mol. The van der Waals surface area contributed by atoms with E-state index < -0.39 is 6.10 Å². The van der Waals surface area contributed by atoms with Crippen LogP contribution >= 0.6 is 0 Å². The van der Waals surface area contributed by atoms with Gasteiger partial charge in [-0.05, 0) is 83.5 Å². The normalized spacial score (nSPS) is 12.6. The van der Waals surface area contributed by atoms with Crippen LogP contribution in [0.1, 0.15) is 278 Å². The minimum atomic E-state index is -0.543. The van der Waals surface area contributed by atoms with Crippen molar-refractivity contribution in [2.24, 2.45) is 0 Å². The summed E-state index contributed by atoms with van der Waals surface area (Å²) in [5.41, 5.74) is 0. The number of unbranched alkanes of at least 4 members (excludes halogenated alkanes) is 30. The first kappa shape index (κ1) is 61.6. The number of carbonyl (C=O) groups is 2. The van der Waals surface area contributed by atoms with Crippen molar-refractivity contribution in [2.75, 3.05) is 19.8 Å². The molecule has 0 radical (unpaired) electrons. The first-order valence-electron chi connectivity index (χ1n) is 27.8. The number of allylic oxidation sites excluding steroid dienone is 10. The molecule has 0 saturated carbocycles. The van der Waals surface area contributed by atoms with E-state index in [2.05, 4.69) is 81.5 Å². The van der Waals surface area contributed by atoms with Gasteiger partial charge in [-0.1, -0.05) is 242 Å². The van der Waals surface area contributed by atoms with Gasteiger partial charge in [0.1, 0.15) is 6.61 Å². The third-order valence-corrected chi connectivity index (χ3v) is 12.0. The molecule has 0 bridgehead atoms. The van der Waals surface area contributed by atoms with E-state index in [9.17, 15) is 9.59 Å². The summed E-state index contributed by atoms with van der Waals surface area (Å²) in [4.78, 5) is 25.5. The Kier molecular flexibility index (Phi) is 52.9. The molecule has 0 fully saturated rings. The van der Waals surface area contributed by atoms with E-state index >= 15 is 0 Å². The molecule has 0 aromatic carbocycles. The smallest absolute Gasteiger partial charge is 0.306 e. The highest BCUT2D eigenvalue weighted by Gasteiger charge is 2.17. The average Bonchev–Trinajstić information content (AvgIpc) is 3.30. The van der Waals surface area contributed by atoms with Crippen LogP contribution < -0.4 is 0 Å². The molecule has 0 aliphatic carbocycles. The SMILES string of the molecule is CC/C=C\C/C=C\C/C=C\CCCCCCCCCC(=O)OCC(COCCCCCCCCCCCCCCCC)OC(=O)CCCCCCCCC/C=C\C/C=C\CCCCC. The Hall–Kier alpha value is -2.40. The van der Waals surface area contributed by atoms with Crippen molar-refractivity contribution in [3.8, 4) is 0 Å². The zero-order valence-corrected chi connectivity index (χ0v) is 42.8. The zero-order valence-electron chi connectivity index (χ0n) is 42.8. The van der Waals surface area contributed by atoms with Crippen LogP contribution in [0.3, 0.4) is 0 Å². The van der Waals surface area contributed by atoms with Gasteiger partial charge >= 0.3 is 11.9 Å². The average molecular weight is 895 g/mol. The van der Waals surface area contributed by atoms with Gasteiger partial charge in [0.25, 0.3) is 0 Å². The summed E-state index contributed by atoms with van der Waals surface area (Å²) >= 11 is 0. The zero-order chi connectivity index (χ0) is 46.3. The van der Waals surface area contributed by atoms with E-state index in [1.807, 2.05) is 0 Å². The molecule has 0 aliphatic rings. The van der Waals surface area contributed by atoms with Gasteiger partial charge in [-0.2, -0.15) is 0 Å². The Labute approximate surface area is 398 Å². The van der Waals surface area contributed by atoms with Gasteiger partial charge in [0.05, 0.1) is 6.61 Å². The highest BCUT2D eigenvalue weighted by molar-refractivity contribution is 5.70. The molecule has 0 saturated heterocycles. The van der Waals surface area contributed by atoms with Crippen LogP contribution in [0.5, 0.6) is 0 Å². The molecule has 0 rings (SSSR count). The lowest BCUT2D eigenvalue weighted by molar-refractivity contribution is -0.163. The van der Waals surface area contributed by atoms with Crippen LogP contribution in [0.4, 0.5) is 0 Å². The predicted octanol–water partition coefficient (Wildman–Crippen LogP) is 18.9. The maximum Gasteiger partial charge on any atom is 0.306 e. The van der Waals surface area contributed by atoms with Crippen LogP contribution in [0.2, 0.25) is 0 Å².